The zero-order valence-corrected chi connectivity index (χ0v) is 18.0. The lowest BCUT2D eigenvalue weighted by Crippen LogP contribution is -2.50. The van der Waals surface area contributed by atoms with Crippen LogP contribution in [-0.4, -0.2) is 72.8 Å². The molecule has 0 unspecified atom stereocenters. The minimum absolute atomic E-state index is 0.195. The highest BCUT2D eigenvalue weighted by Crippen LogP contribution is 2.12. The first-order chi connectivity index (χ1) is 11.9. The minimum atomic E-state index is -0.421. The molecule has 0 spiro atoms. The lowest BCUT2D eigenvalue weighted by atomic mass is 10.1. The molecule has 1 saturated heterocycles. The van der Waals surface area contributed by atoms with Crippen LogP contribution in [0.4, 0.5) is 4.79 Å². The van der Waals surface area contributed by atoms with E-state index in [0.717, 1.165) is 51.3 Å². The smallest absolute Gasteiger partial charge is 0.410 e. The summed E-state index contributed by atoms with van der Waals surface area (Å²) in [6.45, 7) is 11.6. The number of piperazine rings is 1. The summed E-state index contributed by atoms with van der Waals surface area (Å²) in [7, 11) is 0. The Morgan fingerprint density at radius 3 is 2.12 bits per heavy atom. The predicted octanol–water partition coefficient (Wildman–Crippen LogP) is 4.29. The molecule has 1 amide bonds. The second kappa shape index (κ2) is 12.9. The van der Waals surface area contributed by atoms with Crippen LogP contribution >= 0.6 is 15.9 Å². The normalized spacial score (nSPS) is 16.2. The maximum Gasteiger partial charge on any atom is 0.410 e. The topological polar surface area (TPSA) is 42.0 Å². The van der Waals surface area contributed by atoms with Crippen molar-refractivity contribution in [3.8, 4) is 0 Å². The molecule has 6 heteroatoms. The van der Waals surface area contributed by atoms with Gasteiger partial charge < -0.3 is 14.4 Å². The average Bonchev–Trinajstić information content (AvgIpc) is 2.55. The highest BCUT2D eigenvalue weighted by molar-refractivity contribution is 9.09. The van der Waals surface area contributed by atoms with Gasteiger partial charge >= 0.3 is 6.09 Å². The van der Waals surface area contributed by atoms with Crippen LogP contribution in [-0.2, 0) is 9.47 Å². The molecule has 1 aliphatic rings. The van der Waals surface area contributed by atoms with Crippen molar-refractivity contribution in [1.82, 2.24) is 9.80 Å². The van der Waals surface area contributed by atoms with Crippen LogP contribution in [0.5, 0.6) is 0 Å². The Labute approximate surface area is 162 Å². The first-order valence-corrected chi connectivity index (χ1v) is 10.9. The number of unbranched alkanes of at least 4 members (excludes halogenated alkanes) is 5. The Balaban J connectivity index is 1.96. The Kier molecular flexibility index (Phi) is 11.7. The number of rotatable bonds is 11. The summed E-state index contributed by atoms with van der Waals surface area (Å²) in [6.07, 6.45) is 7.53. The van der Waals surface area contributed by atoms with E-state index in [-0.39, 0.29) is 6.09 Å². The summed E-state index contributed by atoms with van der Waals surface area (Å²) >= 11 is 3.47. The van der Waals surface area contributed by atoms with E-state index in [1.165, 1.54) is 38.5 Å². The van der Waals surface area contributed by atoms with Crippen LogP contribution in [0.1, 0.15) is 59.3 Å². The lowest BCUT2D eigenvalue weighted by molar-refractivity contribution is 0.0115. The van der Waals surface area contributed by atoms with Gasteiger partial charge in [0.15, 0.2) is 0 Å². The van der Waals surface area contributed by atoms with Crippen molar-refractivity contribution in [3.63, 3.8) is 0 Å². The van der Waals surface area contributed by atoms with Crippen LogP contribution in [0, 0.1) is 0 Å². The first kappa shape index (κ1) is 22.7. The van der Waals surface area contributed by atoms with Gasteiger partial charge in [-0.3, -0.25) is 4.90 Å². The van der Waals surface area contributed by atoms with Crippen LogP contribution < -0.4 is 0 Å². The van der Waals surface area contributed by atoms with Gasteiger partial charge in [0.05, 0.1) is 6.61 Å². The van der Waals surface area contributed by atoms with E-state index in [2.05, 4.69) is 20.8 Å². The Morgan fingerprint density at radius 2 is 1.52 bits per heavy atom. The van der Waals surface area contributed by atoms with E-state index in [9.17, 15) is 4.79 Å². The standard InChI is InChI=1S/C19H37BrN2O3/c1-19(2,3)25-18(23)22-13-11-21(12-14-22)15-17-24-16-9-7-5-4-6-8-10-20/h4-17H2,1-3H3. The Hall–Kier alpha value is -0.330. The van der Waals surface area contributed by atoms with Crippen LogP contribution in [0.2, 0.25) is 0 Å². The van der Waals surface area contributed by atoms with E-state index in [0.29, 0.717) is 0 Å². The molecule has 0 aliphatic carbocycles. The van der Waals surface area contributed by atoms with Gasteiger partial charge in [-0.2, -0.15) is 0 Å². The number of nitrogens with zero attached hydrogens (tertiary/aromatic N) is 2. The fourth-order valence-electron chi connectivity index (χ4n) is 2.78. The van der Waals surface area contributed by atoms with Gasteiger partial charge in [-0.15, -0.1) is 0 Å². The van der Waals surface area contributed by atoms with Gasteiger partial charge in [0.1, 0.15) is 5.60 Å². The maximum absolute atomic E-state index is 12.0. The number of hydrogen-bond acceptors (Lipinski definition) is 4. The molecule has 1 fully saturated rings. The average molecular weight is 421 g/mol. The highest BCUT2D eigenvalue weighted by atomic mass is 79.9. The SMILES string of the molecule is CC(C)(C)OC(=O)N1CCN(CCOCCCCCCCCBr)CC1. The van der Waals surface area contributed by atoms with Crippen molar-refractivity contribution < 1.29 is 14.3 Å². The van der Waals surface area contributed by atoms with Gasteiger partial charge in [0.25, 0.3) is 0 Å². The van der Waals surface area contributed by atoms with Gasteiger partial charge in [-0.1, -0.05) is 41.6 Å². The number of halogens is 1. The monoisotopic (exact) mass is 420 g/mol. The summed E-state index contributed by atoms with van der Waals surface area (Å²) < 4.78 is 11.2. The molecular weight excluding hydrogens is 384 g/mol. The molecule has 0 bridgehead atoms. The molecular formula is C19H37BrN2O3. The molecule has 0 saturated carbocycles. The third kappa shape index (κ3) is 11.8. The fourth-order valence-corrected chi connectivity index (χ4v) is 3.18. The van der Waals surface area contributed by atoms with Crippen molar-refractivity contribution in [2.24, 2.45) is 0 Å². The van der Waals surface area contributed by atoms with E-state index in [1.807, 2.05) is 20.8 Å². The molecule has 0 atom stereocenters. The van der Waals surface area contributed by atoms with E-state index in [1.54, 1.807) is 4.90 Å². The van der Waals surface area contributed by atoms with E-state index >= 15 is 0 Å². The molecule has 0 aromatic carbocycles. The van der Waals surface area contributed by atoms with E-state index < -0.39 is 5.60 Å². The second-order valence-corrected chi connectivity index (χ2v) is 8.52. The van der Waals surface area contributed by atoms with Gasteiger partial charge in [0.2, 0.25) is 0 Å². The molecule has 1 rings (SSSR count). The van der Waals surface area contributed by atoms with Crippen molar-refractivity contribution >= 4 is 22.0 Å². The van der Waals surface area contributed by atoms with Crippen molar-refractivity contribution in [2.45, 2.75) is 64.9 Å². The molecule has 0 aromatic heterocycles. The Morgan fingerprint density at radius 1 is 0.920 bits per heavy atom. The zero-order chi connectivity index (χ0) is 18.5. The molecule has 1 aliphatic heterocycles. The predicted molar refractivity (Wildman–Crippen MR) is 107 cm³/mol. The summed E-state index contributed by atoms with van der Waals surface area (Å²) in [6, 6.07) is 0. The number of carbonyl (C=O) groups is 1. The molecule has 5 nitrogen and oxygen atoms in total. The third-order valence-corrected chi connectivity index (χ3v) is 4.81. The molecule has 148 valence electrons. The third-order valence-electron chi connectivity index (χ3n) is 4.25. The summed E-state index contributed by atoms with van der Waals surface area (Å²) in [4.78, 5) is 16.2. The fraction of sp³-hybridized carbons (Fsp3) is 0.947. The summed E-state index contributed by atoms with van der Waals surface area (Å²) in [5.74, 6) is 0. The first-order valence-electron chi connectivity index (χ1n) is 9.76. The van der Waals surface area contributed by atoms with Gasteiger partial charge in [-0.05, 0) is 33.6 Å². The van der Waals surface area contributed by atoms with Crippen molar-refractivity contribution in [2.75, 3.05) is 51.3 Å². The molecule has 1 heterocycles. The number of hydrogen-bond donors (Lipinski definition) is 0. The summed E-state index contributed by atoms with van der Waals surface area (Å²) in [5.41, 5.74) is -0.421. The van der Waals surface area contributed by atoms with Crippen LogP contribution in [0.3, 0.4) is 0 Å². The van der Waals surface area contributed by atoms with E-state index in [4.69, 9.17) is 9.47 Å². The zero-order valence-electron chi connectivity index (χ0n) is 16.4. The van der Waals surface area contributed by atoms with Crippen molar-refractivity contribution in [3.05, 3.63) is 0 Å². The molecule has 25 heavy (non-hydrogen) atoms. The highest BCUT2D eigenvalue weighted by Gasteiger charge is 2.25. The minimum Gasteiger partial charge on any atom is -0.444 e. The second-order valence-electron chi connectivity index (χ2n) is 7.73. The van der Waals surface area contributed by atoms with Crippen LogP contribution in [0.15, 0.2) is 0 Å². The van der Waals surface area contributed by atoms with Gasteiger partial charge in [0, 0.05) is 44.7 Å². The van der Waals surface area contributed by atoms with Crippen molar-refractivity contribution in [1.29, 1.82) is 0 Å². The molecule has 0 aromatic rings. The van der Waals surface area contributed by atoms with Crippen LogP contribution in [0.25, 0.3) is 0 Å². The summed E-state index contributed by atoms with van der Waals surface area (Å²) in [5, 5.41) is 1.13. The molecule has 0 N–H and O–H groups in total. The number of carbonyl (C=O) groups excluding carboxylic acids is 1. The number of amides is 1. The molecule has 0 radical (unpaired) electrons. The number of alkyl halides is 1. The Bertz CT molecular complexity index is 353. The largest absolute Gasteiger partial charge is 0.444 e. The quantitative estimate of drug-likeness (QED) is 0.369. The maximum atomic E-state index is 12.0. The lowest BCUT2D eigenvalue weighted by Gasteiger charge is -2.35. The number of ether oxygens (including phenoxy) is 2. The van der Waals surface area contributed by atoms with Gasteiger partial charge in [-0.25, -0.2) is 4.79 Å².